The first-order valence-electron chi connectivity index (χ1n) is 6.42. The zero-order valence-corrected chi connectivity index (χ0v) is 12.1. The van der Waals surface area contributed by atoms with E-state index in [-0.39, 0.29) is 17.6 Å². The number of hydrogen-bond donors (Lipinski definition) is 2. The number of aromatic hydroxyl groups is 1. The molecule has 1 saturated heterocycles. The molecule has 1 amide bonds. The molecule has 1 aliphatic heterocycles. The van der Waals surface area contributed by atoms with Crippen molar-refractivity contribution < 1.29 is 18.3 Å². The number of anilines is 1. The molecule has 6 nitrogen and oxygen atoms in total. The molecular weight excluding hydrogens is 280 g/mol. The van der Waals surface area contributed by atoms with Crippen LogP contribution in [0.15, 0.2) is 24.3 Å². The molecular formula is C13H18N2O4S. The lowest BCUT2D eigenvalue weighted by Crippen LogP contribution is -2.40. The molecule has 0 saturated carbocycles. The van der Waals surface area contributed by atoms with E-state index in [1.807, 2.05) is 0 Å². The van der Waals surface area contributed by atoms with Gasteiger partial charge in [0.15, 0.2) is 0 Å². The molecule has 110 valence electrons. The number of carbonyl (C=O) groups is 1. The summed E-state index contributed by atoms with van der Waals surface area (Å²) in [5, 5.41) is 12.3. The number of phenols is 1. The van der Waals surface area contributed by atoms with Crippen LogP contribution in [0.1, 0.15) is 12.8 Å². The summed E-state index contributed by atoms with van der Waals surface area (Å²) in [4.78, 5) is 12.1. The Morgan fingerprint density at radius 2 is 1.90 bits per heavy atom. The number of para-hydroxylation sites is 2. The van der Waals surface area contributed by atoms with Crippen molar-refractivity contribution >= 4 is 21.6 Å². The zero-order chi connectivity index (χ0) is 14.8. The topological polar surface area (TPSA) is 86.7 Å². The van der Waals surface area contributed by atoms with E-state index < -0.39 is 10.0 Å². The Labute approximate surface area is 118 Å². The van der Waals surface area contributed by atoms with Crippen molar-refractivity contribution in [2.24, 2.45) is 5.92 Å². The third kappa shape index (κ3) is 3.49. The Bertz CT molecular complexity index is 592. The summed E-state index contributed by atoms with van der Waals surface area (Å²) in [7, 11) is -3.18. The highest BCUT2D eigenvalue weighted by molar-refractivity contribution is 7.88. The maximum absolute atomic E-state index is 12.1. The van der Waals surface area contributed by atoms with Crippen molar-refractivity contribution in [2.75, 3.05) is 24.7 Å². The first kappa shape index (κ1) is 14.8. The molecule has 0 unspecified atom stereocenters. The van der Waals surface area contributed by atoms with Gasteiger partial charge in [-0.3, -0.25) is 4.79 Å². The highest BCUT2D eigenvalue weighted by Gasteiger charge is 2.29. The Kier molecular flexibility index (Phi) is 4.29. The van der Waals surface area contributed by atoms with Gasteiger partial charge in [0.25, 0.3) is 0 Å². The fourth-order valence-electron chi connectivity index (χ4n) is 2.26. The van der Waals surface area contributed by atoms with E-state index in [1.54, 1.807) is 18.2 Å². The third-order valence-electron chi connectivity index (χ3n) is 3.46. The summed E-state index contributed by atoms with van der Waals surface area (Å²) in [6, 6.07) is 6.53. The molecule has 20 heavy (non-hydrogen) atoms. The molecule has 7 heteroatoms. The molecule has 0 spiro atoms. The molecule has 1 fully saturated rings. The molecule has 1 aromatic rings. The van der Waals surface area contributed by atoms with E-state index in [4.69, 9.17) is 0 Å². The summed E-state index contributed by atoms with van der Waals surface area (Å²) < 4.78 is 24.2. The molecule has 2 N–H and O–H groups in total. The van der Waals surface area contributed by atoms with Crippen LogP contribution in [0.2, 0.25) is 0 Å². The normalized spacial score (nSPS) is 17.9. The van der Waals surface area contributed by atoms with Crippen LogP contribution in [0.4, 0.5) is 5.69 Å². The van der Waals surface area contributed by atoms with Crippen molar-refractivity contribution in [3.63, 3.8) is 0 Å². The average Bonchev–Trinajstić information content (AvgIpc) is 2.40. The van der Waals surface area contributed by atoms with Gasteiger partial charge in [-0.1, -0.05) is 12.1 Å². The first-order valence-corrected chi connectivity index (χ1v) is 8.27. The lowest BCUT2D eigenvalue weighted by atomic mass is 9.97. The molecule has 0 bridgehead atoms. The molecule has 0 aromatic heterocycles. The average molecular weight is 298 g/mol. The van der Waals surface area contributed by atoms with E-state index >= 15 is 0 Å². The Hall–Kier alpha value is -1.60. The molecule has 1 aliphatic rings. The van der Waals surface area contributed by atoms with Gasteiger partial charge in [-0.15, -0.1) is 0 Å². The van der Waals surface area contributed by atoms with Gasteiger partial charge < -0.3 is 10.4 Å². The van der Waals surface area contributed by atoms with Crippen molar-refractivity contribution in [1.82, 2.24) is 4.31 Å². The second kappa shape index (κ2) is 5.80. The summed E-state index contributed by atoms with van der Waals surface area (Å²) in [5.41, 5.74) is 0.378. The molecule has 1 aromatic carbocycles. The standard InChI is InChI=1S/C13H18N2O4S/c1-20(18,19)15-8-6-10(7-9-15)13(17)14-11-4-2-3-5-12(11)16/h2-5,10,16H,6-9H2,1H3,(H,14,17). The summed E-state index contributed by atoms with van der Waals surface area (Å²) in [5.74, 6) is -0.387. The number of benzene rings is 1. The second-order valence-corrected chi connectivity index (χ2v) is 6.93. The van der Waals surface area contributed by atoms with Crippen molar-refractivity contribution in [3.8, 4) is 5.75 Å². The van der Waals surface area contributed by atoms with E-state index in [1.165, 1.54) is 16.6 Å². The number of phenolic OH excluding ortho intramolecular Hbond substituents is 1. The number of amides is 1. The van der Waals surface area contributed by atoms with E-state index in [2.05, 4.69) is 5.32 Å². The van der Waals surface area contributed by atoms with Crippen molar-refractivity contribution in [2.45, 2.75) is 12.8 Å². The SMILES string of the molecule is CS(=O)(=O)N1CCC(C(=O)Nc2ccccc2O)CC1. The number of nitrogens with one attached hydrogen (secondary N) is 1. The fourth-order valence-corrected chi connectivity index (χ4v) is 3.14. The van der Waals surface area contributed by atoms with Crippen LogP contribution in [-0.4, -0.2) is 43.1 Å². The Morgan fingerprint density at radius 3 is 2.45 bits per heavy atom. The largest absolute Gasteiger partial charge is 0.506 e. The molecule has 0 radical (unpaired) electrons. The predicted molar refractivity (Wildman–Crippen MR) is 75.9 cm³/mol. The van der Waals surface area contributed by atoms with Crippen LogP contribution < -0.4 is 5.32 Å². The number of sulfonamides is 1. The van der Waals surface area contributed by atoms with Gasteiger partial charge in [0.2, 0.25) is 15.9 Å². The summed E-state index contributed by atoms with van der Waals surface area (Å²) in [6.45, 7) is 0.718. The minimum Gasteiger partial charge on any atom is -0.506 e. The van der Waals surface area contributed by atoms with Gasteiger partial charge in [0.1, 0.15) is 5.75 Å². The van der Waals surface area contributed by atoms with Crippen LogP contribution in [0.25, 0.3) is 0 Å². The van der Waals surface area contributed by atoms with E-state index in [9.17, 15) is 18.3 Å². The van der Waals surface area contributed by atoms with E-state index in [0.717, 1.165) is 0 Å². The highest BCUT2D eigenvalue weighted by Crippen LogP contribution is 2.25. The minimum atomic E-state index is -3.18. The van der Waals surface area contributed by atoms with Gasteiger partial charge in [0.05, 0.1) is 11.9 Å². The molecule has 1 heterocycles. The number of carbonyl (C=O) groups excluding carboxylic acids is 1. The molecule has 0 aliphatic carbocycles. The van der Waals surface area contributed by atoms with Crippen molar-refractivity contribution in [3.05, 3.63) is 24.3 Å². The fraction of sp³-hybridized carbons (Fsp3) is 0.462. The van der Waals surface area contributed by atoms with Crippen LogP contribution in [-0.2, 0) is 14.8 Å². The minimum absolute atomic E-state index is 0.0226. The smallest absolute Gasteiger partial charge is 0.227 e. The Morgan fingerprint density at radius 1 is 1.30 bits per heavy atom. The first-order chi connectivity index (χ1) is 9.38. The van der Waals surface area contributed by atoms with Gasteiger partial charge in [-0.2, -0.15) is 0 Å². The Balaban J connectivity index is 1.94. The highest BCUT2D eigenvalue weighted by atomic mass is 32.2. The maximum Gasteiger partial charge on any atom is 0.227 e. The van der Waals surface area contributed by atoms with Gasteiger partial charge in [-0.25, -0.2) is 12.7 Å². The quantitative estimate of drug-likeness (QED) is 0.815. The summed E-state index contributed by atoms with van der Waals surface area (Å²) >= 11 is 0. The van der Waals surface area contributed by atoms with Gasteiger partial charge in [-0.05, 0) is 25.0 Å². The van der Waals surface area contributed by atoms with E-state index in [0.29, 0.717) is 31.6 Å². The second-order valence-electron chi connectivity index (χ2n) is 4.94. The van der Waals surface area contributed by atoms with Crippen LogP contribution in [0.5, 0.6) is 5.75 Å². The monoisotopic (exact) mass is 298 g/mol. The number of nitrogens with zero attached hydrogens (tertiary/aromatic N) is 1. The van der Waals surface area contributed by atoms with Crippen LogP contribution in [0.3, 0.4) is 0 Å². The summed E-state index contributed by atoms with van der Waals surface area (Å²) in [6.07, 6.45) is 2.16. The number of hydrogen-bond acceptors (Lipinski definition) is 4. The van der Waals surface area contributed by atoms with Crippen molar-refractivity contribution in [1.29, 1.82) is 0 Å². The number of rotatable bonds is 3. The molecule has 0 atom stereocenters. The predicted octanol–water partition coefficient (Wildman–Crippen LogP) is 1.00. The lowest BCUT2D eigenvalue weighted by Gasteiger charge is -2.29. The third-order valence-corrected chi connectivity index (χ3v) is 4.76. The van der Waals surface area contributed by atoms with Gasteiger partial charge in [0, 0.05) is 19.0 Å². The van der Waals surface area contributed by atoms with Crippen LogP contribution in [0, 0.1) is 5.92 Å². The van der Waals surface area contributed by atoms with Gasteiger partial charge >= 0.3 is 0 Å². The zero-order valence-electron chi connectivity index (χ0n) is 11.2. The van der Waals surface area contributed by atoms with Crippen LogP contribution >= 0.6 is 0 Å². The number of piperidine rings is 1. The molecule has 2 rings (SSSR count). The maximum atomic E-state index is 12.1. The lowest BCUT2D eigenvalue weighted by molar-refractivity contribution is -0.120.